The van der Waals surface area contributed by atoms with Crippen molar-refractivity contribution in [3.05, 3.63) is 63.2 Å². The molecule has 8 heteroatoms. The molecule has 25 heavy (non-hydrogen) atoms. The number of benzene rings is 2. The molecule has 0 saturated heterocycles. The standard InChI is InChI=1S/C17H10BrClN2O4/c18-10-3-1-9(2-4-10)15-21-14(17(24)25-15)8-20-13-7-11(19)5-6-12(13)16(22)23/h1-8,24H,(H,22,23). The minimum Gasteiger partial charge on any atom is -0.479 e. The maximum Gasteiger partial charge on any atom is 0.337 e. The van der Waals surface area contributed by atoms with Gasteiger partial charge in [0.25, 0.3) is 0 Å². The molecule has 6 nitrogen and oxygen atoms in total. The first-order valence-electron chi connectivity index (χ1n) is 6.96. The van der Waals surface area contributed by atoms with Gasteiger partial charge in [-0.1, -0.05) is 27.5 Å². The molecule has 0 aliphatic rings. The van der Waals surface area contributed by atoms with Crippen LogP contribution in [0.2, 0.25) is 5.02 Å². The Balaban J connectivity index is 1.94. The number of rotatable bonds is 4. The SMILES string of the molecule is O=C(O)c1ccc(Cl)cc1N=Cc1nc(-c2ccc(Br)cc2)oc1O. The van der Waals surface area contributed by atoms with Crippen molar-refractivity contribution >= 4 is 45.4 Å². The number of carboxylic acids is 1. The van der Waals surface area contributed by atoms with E-state index in [0.29, 0.717) is 10.6 Å². The van der Waals surface area contributed by atoms with E-state index in [1.165, 1.54) is 24.4 Å². The maximum atomic E-state index is 11.2. The number of nitrogens with zero attached hydrogens (tertiary/aromatic N) is 2. The molecule has 1 aromatic heterocycles. The van der Waals surface area contributed by atoms with E-state index in [2.05, 4.69) is 25.9 Å². The van der Waals surface area contributed by atoms with Crippen molar-refractivity contribution in [2.24, 2.45) is 4.99 Å². The molecule has 0 unspecified atom stereocenters. The molecule has 0 bridgehead atoms. The monoisotopic (exact) mass is 420 g/mol. The summed E-state index contributed by atoms with van der Waals surface area (Å²) in [5.41, 5.74) is 0.880. The van der Waals surface area contributed by atoms with Gasteiger partial charge >= 0.3 is 11.9 Å². The highest BCUT2D eigenvalue weighted by Crippen LogP contribution is 2.28. The number of hydrogen-bond donors (Lipinski definition) is 2. The first kappa shape index (κ1) is 17.2. The molecular formula is C17H10BrClN2O4. The van der Waals surface area contributed by atoms with Gasteiger partial charge in [-0.2, -0.15) is 0 Å². The van der Waals surface area contributed by atoms with Crippen LogP contribution in [0.25, 0.3) is 11.5 Å². The van der Waals surface area contributed by atoms with E-state index < -0.39 is 11.9 Å². The van der Waals surface area contributed by atoms with Crippen LogP contribution in [0.4, 0.5) is 5.69 Å². The van der Waals surface area contributed by atoms with E-state index >= 15 is 0 Å². The van der Waals surface area contributed by atoms with Crippen LogP contribution in [0.3, 0.4) is 0 Å². The molecule has 126 valence electrons. The Hall–Kier alpha value is -2.64. The molecule has 3 aromatic rings. The molecule has 3 rings (SSSR count). The zero-order valence-corrected chi connectivity index (χ0v) is 14.8. The molecule has 0 fully saturated rings. The Morgan fingerprint density at radius 3 is 2.64 bits per heavy atom. The van der Waals surface area contributed by atoms with E-state index in [4.69, 9.17) is 16.0 Å². The largest absolute Gasteiger partial charge is 0.479 e. The summed E-state index contributed by atoms with van der Waals surface area (Å²) < 4.78 is 6.12. The van der Waals surface area contributed by atoms with Gasteiger partial charge in [-0.05, 0) is 42.5 Å². The van der Waals surface area contributed by atoms with E-state index in [0.717, 1.165) is 4.47 Å². The van der Waals surface area contributed by atoms with Crippen LogP contribution in [0.5, 0.6) is 5.95 Å². The van der Waals surface area contributed by atoms with Crippen molar-refractivity contribution in [1.29, 1.82) is 0 Å². The number of aromatic nitrogens is 1. The summed E-state index contributed by atoms with van der Waals surface area (Å²) in [7, 11) is 0. The summed E-state index contributed by atoms with van der Waals surface area (Å²) in [6.45, 7) is 0. The van der Waals surface area contributed by atoms with Crippen molar-refractivity contribution in [3.8, 4) is 17.4 Å². The molecule has 0 spiro atoms. The van der Waals surface area contributed by atoms with Crippen molar-refractivity contribution in [1.82, 2.24) is 4.98 Å². The lowest BCUT2D eigenvalue weighted by molar-refractivity contribution is 0.0698. The third kappa shape index (κ3) is 3.89. The highest BCUT2D eigenvalue weighted by molar-refractivity contribution is 9.10. The first-order chi connectivity index (χ1) is 11.9. The zero-order chi connectivity index (χ0) is 18.0. The predicted molar refractivity (Wildman–Crippen MR) is 97.0 cm³/mol. The molecule has 0 amide bonds. The summed E-state index contributed by atoms with van der Waals surface area (Å²) in [5.74, 6) is -1.33. The van der Waals surface area contributed by atoms with Crippen molar-refractivity contribution < 1.29 is 19.4 Å². The number of halogens is 2. The molecule has 0 aliphatic carbocycles. The van der Waals surface area contributed by atoms with Gasteiger partial charge in [-0.3, -0.25) is 4.99 Å². The Kier molecular flexibility index (Phi) is 4.87. The minimum atomic E-state index is -1.14. The maximum absolute atomic E-state index is 11.2. The van der Waals surface area contributed by atoms with Crippen LogP contribution in [0.1, 0.15) is 16.1 Å². The number of hydrogen-bond acceptors (Lipinski definition) is 5. The molecule has 0 aliphatic heterocycles. The summed E-state index contributed by atoms with van der Waals surface area (Å²) >= 11 is 9.21. The average Bonchev–Trinajstić information content (AvgIpc) is 2.94. The number of aromatic hydroxyl groups is 1. The second kappa shape index (κ2) is 7.08. The van der Waals surface area contributed by atoms with E-state index in [9.17, 15) is 15.0 Å². The van der Waals surface area contributed by atoms with Gasteiger partial charge in [-0.15, -0.1) is 0 Å². The Morgan fingerprint density at radius 1 is 1.24 bits per heavy atom. The van der Waals surface area contributed by atoms with Crippen LogP contribution in [-0.2, 0) is 0 Å². The smallest absolute Gasteiger partial charge is 0.337 e. The van der Waals surface area contributed by atoms with Gasteiger partial charge in [0.1, 0.15) is 0 Å². The Morgan fingerprint density at radius 2 is 1.96 bits per heavy atom. The molecule has 2 N–H and O–H groups in total. The summed E-state index contributed by atoms with van der Waals surface area (Å²) in [4.78, 5) is 19.4. The van der Waals surface area contributed by atoms with E-state index in [-0.39, 0.29) is 22.8 Å². The Labute approximate surface area is 155 Å². The average molecular weight is 422 g/mol. The summed E-state index contributed by atoms with van der Waals surface area (Å²) in [6.07, 6.45) is 1.22. The van der Waals surface area contributed by atoms with E-state index in [1.807, 2.05) is 12.1 Å². The fourth-order valence-electron chi connectivity index (χ4n) is 2.05. The Bertz CT molecular complexity index is 967. The third-order valence-corrected chi connectivity index (χ3v) is 4.01. The van der Waals surface area contributed by atoms with Gasteiger partial charge in [0.05, 0.1) is 17.5 Å². The third-order valence-electron chi connectivity index (χ3n) is 3.24. The topological polar surface area (TPSA) is 95.9 Å². The number of carbonyl (C=O) groups is 1. The highest BCUT2D eigenvalue weighted by Gasteiger charge is 2.14. The van der Waals surface area contributed by atoms with Crippen LogP contribution in [-0.4, -0.2) is 27.4 Å². The van der Waals surface area contributed by atoms with Gasteiger partial charge in [-0.25, -0.2) is 9.78 Å². The fraction of sp³-hybridized carbons (Fsp3) is 0. The van der Waals surface area contributed by atoms with Crippen LogP contribution in [0.15, 0.2) is 56.3 Å². The van der Waals surface area contributed by atoms with Crippen molar-refractivity contribution in [3.63, 3.8) is 0 Å². The zero-order valence-electron chi connectivity index (χ0n) is 12.5. The number of oxazole rings is 1. The van der Waals surface area contributed by atoms with E-state index in [1.54, 1.807) is 12.1 Å². The second-order valence-corrected chi connectivity index (χ2v) is 6.29. The second-order valence-electron chi connectivity index (χ2n) is 4.94. The lowest BCUT2D eigenvalue weighted by atomic mass is 10.2. The fourth-order valence-corrected chi connectivity index (χ4v) is 2.48. The van der Waals surface area contributed by atoms with Gasteiger partial charge in [0, 0.05) is 15.1 Å². The molecular weight excluding hydrogens is 412 g/mol. The molecule has 1 heterocycles. The summed E-state index contributed by atoms with van der Waals surface area (Å²) in [5, 5.41) is 19.4. The minimum absolute atomic E-state index is 0.0169. The number of aromatic carboxylic acids is 1. The predicted octanol–water partition coefficient (Wildman–Crippen LogP) is 4.91. The molecule has 0 saturated carbocycles. The summed E-state index contributed by atoms with van der Waals surface area (Å²) in [6, 6.07) is 11.4. The molecule has 0 radical (unpaired) electrons. The normalized spacial score (nSPS) is 11.1. The number of carboxylic acid groups (broad SMARTS) is 1. The lowest BCUT2D eigenvalue weighted by Crippen LogP contribution is -1.96. The van der Waals surface area contributed by atoms with Gasteiger partial charge in [0.2, 0.25) is 5.89 Å². The highest BCUT2D eigenvalue weighted by atomic mass is 79.9. The first-order valence-corrected chi connectivity index (χ1v) is 8.14. The van der Waals surface area contributed by atoms with Crippen LogP contribution < -0.4 is 0 Å². The quantitative estimate of drug-likeness (QED) is 0.583. The van der Waals surface area contributed by atoms with Crippen molar-refractivity contribution in [2.75, 3.05) is 0 Å². The van der Waals surface area contributed by atoms with Gasteiger partial charge < -0.3 is 14.6 Å². The van der Waals surface area contributed by atoms with Crippen LogP contribution in [0, 0.1) is 0 Å². The van der Waals surface area contributed by atoms with Crippen molar-refractivity contribution in [2.45, 2.75) is 0 Å². The van der Waals surface area contributed by atoms with Crippen LogP contribution >= 0.6 is 27.5 Å². The number of aliphatic imine (C=N–C) groups is 1. The molecule has 0 atom stereocenters. The molecule has 2 aromatic carbocycles. The lowest BCUT2D eigenvalue weighted by Gasteiger charge is -2.00. The van der Waals surface area contributed by atoms with Gasteiger partial charge in [0.15, 0.2) is 5.69 Å².